The van der Waals surface area contributed by atoms with E-state index in [9.17, 15) is 4.79 Å². The SMILES string of the molecule is O=c1c2c([nH]c3ccccc13)-c1[nH]c3ccc(Cl)cc3c1CCC2. The zero-order chi connectivity index (χ0) is 16.3. The molecule has 2 aromatic heterocycles. The molecule has 24 heavy (non-hydrogen) atoms. The van der Waals surface area contributed by atoms with E-state index in [1.807, 2.05) is 42.5 Å². The van der Waals surface area contributed by atoms with Crippen molar-refractivity contribution >= 4 is 33.4 Å². The van der Waals surface area contributed by atoms with Crippen LogP contribution in [0.5, 0.6) is 0 Å². The first-order valence-corrected chi connectivity index (χ1v) is 8.54. The average molecular weight is 335 g/mol. The number of benzene rings is 2. The van der Waals surface area contributed by atoms with Gasteiger partial charge in [0.1, 0.15) is 0 Å². The van der Waals surface area contributed by atoms with E-state index in [0.29, 0.717) is 0 Å². The Labute approximate surface area is 143 Å². The first-order valence-electron chi connectivity index (χ1n) is 8.17. The summed E-state index contributed by atoms with van der Waals surface area (Å²) in [6.45, 7) is 0. The van der Waals surface area contributed by atoms with Crippen LogP contribution in [0.3, 0.4) is 0 Å². The largest absolute Gasteiger partial charge is 0.353 e. The number of pyridine rings is 1. The zero-order valence-electron chi connectivity index (χ0n) is 12.9. The number of para-hydroxylation sites is 1. The summed E-state index contributed by atoms with van der Waals surface area (Å²) in [5, 5.41) is 2.65. The van der Waals surface area contributed by atoms with E-state index in [1.165, 1.54) is 5.56 Å². The predicted molar refractivity (Wildman–Crippen MR) is 98.9 cm³/mol. The number of aromatic amines is 2. The molecule has 0 spiro atoms. The lowest BCUT2D eigenvalue weighted by Crippen LogP contribution is -2.12. The summed E-state index contributed by atoms with van der Waals surface area (Å²) in [7, 11) is 0. The third-order valence-corrected chi connectivity index (χ3v) is 5.21. The number of aromatic nitrogens is 2. The summed E-state index contributed by atoms with van der Waals surface area (Å²) in [6.07, 6.45) is 2.69. The van der Waals surface area contributed by atoms with E-state index in [2.05, 4.69) is 9.97 Å². The van der Waals surface area contributed by atoms with Crippen molar-refractivity contribution in [3.8, 4) is 11.4 Å². The Bertz CT molecular complexity index is 1170. The summed E-state index contributed by atoms with van der Waals surface area (Å²) in [6, 6.07) is 13.6. The van der Waals surface area contributed by atoms with Crippen LogP contribution in [-0.4, -0.2) is 9.97 Å². The molecule has 0 radical (unpaired) electrons. The van der Waals surface area contributed by atoms with Crippen LogP contribution in [0.25, 0.3) is 33.2 Å². The van der Waals surface area contributed by atoms with Crippen LogP contribution in [0.2, 0.25) is 5.02 Å². The van der Waals surface area contributed by atoms with Crippen LogP contribution in [0.1, 0.15) is 17.5 Å². The van der Waals surface area contributed by atoms with Crippen LogP contribution < -0.4 is 5.43 Å². The van der Waals surface area contributed by atoms with Crippen molar-refractivity contribution in [1.82, 2.24) is 9.97 Å². The molecule has 118 valence electrons. The summed E-state index contributed by atoms with van der Waals surface area (Å²) in [5.41, 5.74) is 6.17. The van der Waals surface area contributed by atoms with Crippen molar-refractivity contribution in [1.29, 1.82) is 0 Å². The molecule has 4 aromatic rings. The second kappa shape index (κ2) is 4.99. The molecular weight excluding hydrogens is 320 g/mol. The second-order valence-corrected chi connectivity index (χ2v) is 6.81. The second-order valence-electron chi connectivity index (χ2n) is 6.38. The van der Waals surface area contributed by atoms with Crippen LogP contribution >= 0.6 is 11.6 Å². The maximum absolute atomic E-state index is 12.9. The van der Waals surface area contributed by atoms with Gasteiger partial charge in [0.2, 0.25) is 0 Å². The van der Waals surface area contributed by atoms with Gasteiger partial charge in [-0.2, -0.15) is 0 Å². The molecule has 0 amide bonds. The lowest BCUT2D eigenvalue weighted by Gasteiger charge is -2.08. The van der Waals surface area contributed by atoms with Gasteiger partial charge in [-0.3, -0.25) is 4.79 Å². The fraction of sp³-hybridized carbons (Fsp3) is 0.150. The monoisotopic (exact) mass is 334 g/mol. The minimum Gasteiger partial charge on any atom is -0.353 e. The molecule has 0 bridgehead atoms. The number of halogens is 1. The van der Waals surface area contributed by atoms with Crippen molar-refractivity contribution < 1.29 is 0 Å². The molecule has 0 saturated heterocycles. The third-order valence-electron chi connectivity index (χ3n) is 4.98. The quantitative estimate of drug-likeness (QED) is 0.476. The van der Waals surface area contributed by atoms with Crippen molar-refractivity contribution in [2.75, 3.05) is 0 Å². The molecule has 2 heterocycles. The predicted octanol–water partition coefficient (Wildman–Crippen LogP) is 4.82. The van der Waals surface area contributed by atoms with Crippen molar-refractivity contribution in [2.24, 2.45) is 0 Å². The van der Waals surface area contributed by atoms with Gasteiger partial charge in [-0.05, 0) is 55.2 Å². The van der Waals surface area contributed by atoms with E-state index in [0.717, 1.165) is 63.0 Å². The van der Waals surface area contributed by atoms with E-state index in [4.69, 9.17) is 11.6 Å². The van der Waals surface area contributed by atoms with Gasteiger partial charge in [0, 0.05) is 32.4 Å². The molecular formula is C20H15ClN2O. The van der Waals surface area contributed by atoms with E-state index in [1.54, 1.807) is 0 Å². The highest BCUT2D eigenvalue weighted by Gasteiger charge is 2.22. The van der Waals surface area contributed by atoms with Gasteiger partial charge in [-0.15, -0.1) is 0 Å². The maximum atomic E-state index is 12.9. The highest BCUT2D eigenvalue weighted by Crippen LogP contribution is 2.36. The molecule has 0 aliphatic heterocycles. The molecule has 1 aliphatic rings. The molecule has 3 nitrogen and oxygen atoms in total. The summed E-state index contributed by atoms with van der Waals surface area (Å²) in [5.74, 6) is 0. The van der Waals surface area contributed by atoms with Gasteiger partial charge in [-0.1, -0.05) is 23.7 Å². The Balaban J connectivity index is 1.91. The Hall–Kier alpha value is -2.52. The molecule has 5 rings (SSSR count). The lowest BCUT2D eigenvalue weighted by atomic mass is 10.0. The Kier molecular flexibility index (Phi) is 2.88. The first-order chi connectivity index (χ1) is 11.7. The minimum atomic E-state index is 0.142. The number of nitrogens with one attached hydrogen (secondary N) is 2. The van der Waals surface area contributed by atoms with Gasteiger partial charge in [0.25, 0.3) is 0 Å². The Morgan fingerprint density at radius 1 is 0.833 bits per heavy atom. The van der Waals surface area contributed by atoms with Gasteiger partial charge in [-0.25, -0.2) is 0 Å². The third kappa shape index (κ3) is 1.88. The minimum absolute atomic E-state index is 0.142. The van der Waals surface area contributed by atoms with Crippen LogP contribution in [-0.2, 0) is 12.8 Å². The number of rotatable bonds is 0. The van der Waals surface area contributed by atoms with Gasteiger partial charge >= 0.3 is 0 Å². The highest BCUT2D eigenvalue weighted by atomic mass is 35.5. The fourth-order valence-corrected chi connectivity index (χ4v) is 4.04. The zero-order valence-corrected chi connectivity index (χ0v) is 13.7. The summed E-state index contributed by atoms with van der Waals surface area (Å²) < 4.78 is 0. The molecule has 0 unspecified atom stereocenters. The topological polar surface area (TPSA) is 48.6 Å². The summed E-state index contributed by atoms with van der Waals surface area (Å²) in [4.78, 5) is 19.9. The average Bonchev–Trinajstić information content (AvgIpc) is 2.84. The standard InChI is InChI=1S/C20H15ClN2O/c21-11-8-9-17-15(10-11)12-5-3-6-14-19(18(12)23-17)22-16-7-2-1-4-13(16)20(14)24/h1-2,4,7-10,23H,3,5-6H2,(H,22,24). The van der Waals surface area contributed by atoms with E-state index in [-0.39, 0.29) is 5.43 Å². The number of hydrogen-bond acceptors (Lipinski definition) is 1. The van der Waals surface area contributed by atoms with Gasteiger partial charge in [0.05, 0.1) is 11.4 Å². The molecule has 1 aliphatic carbocycles. The normalized spacial score (nSPS) is 13.7. The first kappa shape index (κ1) is 13.9. The van der Waals surface area contributed by atoms with Crippen molar-refractivity contribution in [3.63, 3.8) is 0 Å². The highest BCUT2D eigenvalue weighted by molar-refractivity contribution is 6.31. The Morgan fingerprint density at radius 3 is 2.42 bits per heavy atom. The van der Waals surface area contributed by atoms with Crippen molar-refractivity contribution in [3.05, 3.63) is 68.8 Å². The van der Waals surface area contributed by atoms with Crippen molar-refractivity contribution in [2.45, 2.75) is 19.3 Å². The van der Waals surface area contributed by atoms with Crippen LogP contribution in [0, 0.1) is 0 Å². The molecule has 0 saturated carbocycles. The summed E-state index contributed by atoms with van der Waals surface area (Å²) >= 11 is 6.19. The van der Waals surface area contributed by atoms with Crippen LogP contribution in [0.4, 0.5) is 0 Å². The van der Waals surface area contributed by atoms with Gasteiger partial charge in [0.15, 0.2) is 5.43 Å². The number of hydrogen-bond donors (Lipinski definition) is 2. The fourth-order valence-electron chi connectivity index (χ4n) is 3.86. The Morgan fingerprint density at radius 2 is 1.54 bits per heavy atom. The van der Waals surface area contributed by atoms with Crippen LogP contribution in [0.15, 0.2) is 47.3 Å². The molecule has 4 heteroatoms. The van der Waals surface area contributed by atoms with Gasteiger partial charge < -0.3 is 9.97 Å². The van der Waals surface area contributed by atoms with E-state index >= 15 is 0 Å². The molecule has 2 N–H and O–H groups in total. The number of H-pyrrole nitrogens is 2. The molecule has 2 aromatic carbocycles. The molecule has 0 atom stereocenters. The lowest BCUT2D eigenvalue weighted by molar-refractivity contribution is 0.834. The number of aryl methyl sites for hydroxylation is 1. The number of fused-ring (bicyclic) bond motifs is 6. The smallest absolute Gasteiger partial charge is 0.193 e. The maximum Gasteiger partial charge on any atom is 0.193 e. The van der Waals surface area contributed by atoms with E-state index < -0.39 is 0 Å². The molecule has 0 fully saturated rings.